The highest BCUT2D eigenvalue weighted by Crippen LogP contribution is 2.33. The fourth-order valence-corrected chi connectivity index (χ4v) is 4.02. The van der Waals surface area contributed by atoms with Crippen molar-refractivity contribution in [2.75, 3.05) is 0 Å². The van der Waals surface area contributed by atoms with Crippen molar-refractivity contribution in [2.45, 2.75) is 32.0 Å². The van der Waals surface area contributed by atoms with Gasteiger partial charge in [0.1, 0.15) is 17.2 Å². The fraction of sp³-hybridized carbons (Fsp3) is 0.200. The van der Waals surface area contributed by atoms with Gasteiger partial charge in [-0.15, -0.1) is 0 Å². The Hall–Kier alpha value is -3.54. The van der Waals surface area contributed by atoms with Gasteiger partial charge in [0.25, 0.3) is 5.91 Å². The standard InChI is InChI=1S/C25H22F2N2O2/c1-25(24(31)28-15-17-7-3-2-4-8-17)14-19-9-5-6-10-22(19)23(30)29(25)16-18-11-20(26)13-21(27)12-18/h2-13H,14-16H2,1H3,(H,28,31). The topological polar surface area (TPSA) is 49.4 Å². The third-order valence-electron chi connectivity index (χ3n) is 5.67. The molecule has 6 heteroatoms. The van der Waals surface area contributed by atoms with Crippen LogP contribution in [0.15, 0.2) is 72.8 Å². The summed E-state index contributed by atoms with van der Waals surface area (Å²) in [4.78, 5) is 28.1. The van der Waals surface area contributed by atoms with Gasteiger partial charge < -0.3 is 10.2 Å². The van der Waals surface area contributed by atoms with Gasteiger partial charge in [-0.2, -0.15) is 0 Å². The van der Waals surface area contributed by atoms with Crippen molar-refractivity contribution in [1.29, 1.82) is 0 Å². The number of hydrogen-bond acceptors (Lipinski definition) is 2. The van der Waals surface area contributed by atoms with Gasteiger partial charge in [-0.05, 0) is 41.8 Å². The maximum Gasteiger partial charge on any atom is 0.255 e. The Morgan fingerprint density at radius 3 is 2.32 bits per heavy atom. The van der Waals surface area contributed by atoms with Crippen LogP contribution in [-0.2, 0) is 24.3 Å². The molecule has 0 saturated heterocycles. The molecule has 1 unspecified atom stereocenters. The Morgan fingerprint density at radius 2 is 1.61 bits per heavy atom. The Balaban J connectivity index is 1.67. The zero-order chi connectivity index (χ0) is 22.0. The van der Waals surface area contributed by atoms with Crippen molar-refractivity contribution in [1.82, 2.24) is 10.2 Å². The lowest BCUT2D eigenvalue weighted by molar-refractivity contribution is -0.132. The molecule has 0 aromatic heterocycles. The van der Waals surface area contributed by atoms with Gasteiger partial charge in [0.2, 0.25) is 5.91 Å². The summed E-state index contributed by atoms with van der Waals surface area (Å²) in [6.45, 7) is 1.92. The smallest absolute Gasteiger partial charge is 0.255 e. The second-order valence-corrected chi connectivity index (χ2v) is 7.95. The maximum absolute atomic E-state index is 13.8. The van der Waals surface area contributed by atoms with Crippen LogP contribution in [0.25, 0.3) is 0 Å². The van der Waals surface area contributed by atoms with Gasteiger partial charge in [0, 0.05) is 31.1 Å². The highest BCUT2D eigenvalue weighted by molar-refractivity contribution is 6.02. The molecule has 1 aliphatic heterocycles. The molecule has 3 aromatic rings. The molecule has 4 nitrogen and oxygen atoms in total. The summed E-state index contributed by atoms with van der Waals surface area (Å²) >= 11 is 0. The first-order valence-corrected chi connectivity index (χ1v) is 10.0. The van der Waals surface area contributed by atoms with E-state index in [0.717, 1.165) is 17.2 Å². The Labute approximate surface area is 179 Å². The number of benzene rings is 3. The number of amides is 2. The van der Waals surface area contributed by atoms with E-state index in [2.05, 4.69) is 5.32 Å². The summed E-state index contributed by atoms with van der Waals surface area (Å²) in [5.41, 5.74) is 1.26. The molecule has 1 aliphatic rings. The number of hydrogen-bond donors (Lipinski definition) is 1. The molecule has 1 heterocycles. The lowest BCUT2D eigenvalue weighted by atomic mass is 9.82. The first-order valence-electron chi connectivity index (χ1n) is 10.0. The number of carbonyl (C=O) groups is 2. The van der Waals surface area contributed by atoms with Crippen LogP contribution in [-0.4, -0.2) is 22.3 Å². The number of halogens is 2. The third kappa shape index (κ3) is 4.19. The van der Waals surface area contributed by atoms with Gasteiger partial charge in [0.15, 0.2) is 0 Å². The van der Waals surface area contributed by atoms with Crippen LogP contribution in [0.4, 0.5) is 8.78 Å². The van der Waals surface area contributed by atoms with E-state index in [0.29, 0.717) is 18.5 Å². The fourth-order valence-electron chi connectivity index (χ4n) is 4.02. The molecule has 31 heavy (non-hydrogen) atoms. The van der Waals surface area contributed by atoms with Gasteiger partial charge in [-0.25, -0.2) is 8.78 Å². The first-order chi connectivity index (χ1) is 14.9. The number of carbonyl (C=O) groups excluding carboxylic acids is 2. The number of nitrogens with zero attached hydrogens (tertiary/aromatic N) is 1. The van der Waals surface area contributed by atoms with E-state index < -0.39 is 17.2 Å². The van der Waals surface area contributed by atoms with E-state index >= 15 is 0 Å². The Kier molecular flexibility index (Phi) is 5.55. The summed E-state index contributed by atoms with van der Waals surface area (Å²) in [6, 6.07) is 19.7. The summed E-state index contributed by atoms with van der Waals surface area (Å²) in [7, 11) is 0. The molecule has 158 valence electrons. The SMILES string of the molecule is CC1(C(=O)NCc2ccccc2)Cc2ccccc2C(=O)N1Cc1cc(F)cc(F)c1. The lowest BCUT2D eigenvalue weighted by Crippen LogP contribution is -2.62. The van der Waals surface area contributed by atoms with Crippen LogP contribution in [0.2, 0.25) is 0 Å². The zero-order valence-corrected chi connectivity index (χ0v) is 17.1. The van der Waals surface area contributed by atoms with Crippen LogP contribution < -0.4 is 5.32 Å². The van der Waals surface area contributed by atoms with Crippen molar-refractivity contribution < 1.29 is 18.4 Å². The molecule has 0 saturated carbocycles. The maximum atomic E-state index is 13.8. The van der Waals surface area contributed by atoms with Gasteiger partial charge in [0.05, 0.1) is 0 Å². The zero-order valence-electron chi connectivity index (χ0n) is 17.1. The number of rotatable bonds is 5. The summed E-state index contributed by atoms with van der Waals surface area (Å²) in [5, 5.41) is 2.92. The van der Waals surface area contributed by atoms with Crippen molar-refractivity contribution in [3.63, 3.8) is 0 Å². The quantitative estimate of drug-likeness (QED) is 0.671. The molecule has 2 amide bonds. The van der Waals surface area contributed by atoms with Gasteiger partial charge in [-0.1, -0.05) is 48.5 Å². The number of nitrogens with one attached hydrogen (secondary N) is 1. The van der Waals surface area contributed by atoms with E-state index in [-0.39, 0.29) is 23.9 Å². The molecule has 1 atom stereocenters. The Bertz CT molecular complexity index is 1110. The predicted octanol–water partition coefficient (Wildman–Crippen LogP) is 4.24. The van der Waals surface area contributed by atoms with Crippen LogP contribution in [0, 0.1) is 11.6 Å². The van der Waals surface area contributed by atoms with E-state index in [1.165, 1.54) is 17.0 Å². The predicted molar refractivity (Wildman–Crippen MR) is 113 cm³/mol. The van der Waals surface area contributed by atoms with Crippen molar-refractivity contribution >= 4 is 11.8 Å². The molecular weight excluding hydrogens is 398 g/mol. The van der Waals surface area contributed by atoms with Crippen LogP contribution in [0.1, 0.15) is 34.0 Å². The molecule has 0 aliphatic carbocycles. The largest absolute Gasteiger partial charge is 0.350 e. The molecule has 0 radical (unpaired) electrons. The van der Waals surface area contributed by atoms with Crippen molar-refractivity contribution in [3.8, 4) is 0 Å². The Morgan fingerprint density at radius 1 is 0.968 bits per heavy atom. The molecule has 1 N–H and O–H groups in total. The second-order valence-electron chi connectivity index (χ2n) is 7.95. The molecule has 0 fully saturated rings. The van der Waals surface area contributed by atoms with E-state index in [1.54, 1.807) is 19.1 Å². The average Bonchev–Trinajstić information content (AvgIpc) is 2.75. The minimum Gasteiger partial charge on any atom is -0.350 e. The monoisotopic (exact) mass is 420 g/mol. The number of fused-ring (bicyclic) bond motifs is 1. The van der Waals surface area contributed by atoms with E-state index in [4.69, 9.17) is 0 Å². The molecular formula is C25H22F2N2O2. The third-order valence-corrected chi connectivity index (χ3v) is 5.67. The highest BCUT2D eigenvalue weighted by atomic mass is 19.1. The first kappa shape index (κ1) is 20.7. The van der Waals surface area contributed by atoms with Crippen LogP contribution in [0.5, 0.6) is 0 Å². The average molecular weight is 420 g/mol. The molecule has 0 spiro atoms. The van der Waals surface area contributed by atoms with Gasteiger partial charge >= 0.3 is 0 Å². The van der Waals surface area contributed by atoms with Crippen LogP contribution >= 0.6 is 0 Å². The highest BCUT2D eigenvalue weighted by Gasteiger charge is 2.46. The van der Waals surface area contributed by atoms with E-state index in [9.17, 15) is 18.4 Å². The molecule has 3 aromatic carbocycles. The molecule has 0 bridgehead atoms. The lowest BCUT2D eigenvalue weighted by Gasteiger charge is -2.44. The van der Waals surface area contributed by atoms with Crippen molar-refractivity contribution in [3.05, 3.63) is 107 Å². The second kappa shape index (κ2) is 8.30. The summed E-state index contributed by atoms with van der Waals surface area (Å²) < 4.78 is 27.5. The van der Waals surface area contributed by atoms with Gasteiger partial charge in [-0.3, -0.25) is 9.59 Å². The van der Waals surface area contributed by atoms with E-state index in [1.807, 2.05) is 42.5 Å². The normalized spacial score (nSPS) is 17.9. The van der Waals surface area contributed by atoms with Crippen LogP contribution in [0.3, 0.4) is 0 Å². The minimum absolute atomic E-state index is 0.0862. The summed E-state index contributed by atoms with van der Waals surface area (Å²) in [5.74, 6) is -2.12. The molecule has 4 rings (SSSR count). The minimum atomic E-state index is -1.22. The van der Waals surface area contributed by atoms with Crippen molar-refractivity contribution in [2.24, 2.45) is 0 Å². The summed E-state index contributed by atoms with van der Waals surface area (Å²) in [6.07, 6.45) is 0.299.